The molecule has 0 saturated heterocycles. The van der Waals surface area contributed by atoms with Gasteiger partial charge in [0.1, 0.15) is 5.82 Å². The van der Waals surface area contributed by atoms with Crippen molar-refractivity contribution in [2.24, 2.45) is 5.92 Å². The van der Waals surface area contributed by atoms with Gasteiger partial charge < -0.3 is 20.5 Å². The Kier molecular flexibility index (Phi) is 8.91. The molecule has 1 amide bonds. The van der Waals surface area contributed by atoms with Crippen LogP contribution in [0, 0.1) is 5.92 Å². The van der Waals surface area contributed by atoms with Gasteiger partial charge >= 0.3 is 12.3 Å². The topological polar surface area (TPSA) is 98.2 Å². The molecule has 1 saturated carbocycles. The van der Waals surface area contributed by atoms with Gasteiger partial charge in [-0.1, -0.05) is 45.2 Å². The van der Waals surface area contributed by atoms with E-state index >= 15 is 0 Å². The molecule has 0 radical (unpaired) electrons. The van der Waals surface area contributed by atoms with Crippen molar-refractivity contribution in [2.75, 3.05) is 6.61 Å². The maximum absolute atomic E-state index is 12.8. The number of H-pyrrole nitrogens is 1. The van der Waals surface area contributed by atoms with Crippen molar-refractivity contribution in [1.82, 2.24) is 15.3 Å². The van der Waals surface area contributed by atoms with E-state index in [-0.39, 0.29) is 18.6 Å². The fourth-order valence-electron chi connectivity index (χ4n) is 3.51. The molecule has 3 rings (SSSR count). The fraction of sp³-hybridized carbons (Fsp3) is 0.545. The summed E-state index contributed by atoms with van der Waals surface area (Å²) in [6, 6.07) is 5.00. The molecular formula is C22H30F3N3O3. The third-order valence-electron chi connectivity index (χ3n) is 5.40. The number of hydrogen-bond acceptors (Lipinski definition) is 3. The Morgan fingerprint density at radius 2 is 1.94 bits per heavy atom. The first-order chi connectivity index (χ1) is 14.6. The van der Waals surface area contributed by atoms with Crippen LogP contribution in [-0.4, -0.2) is 38.9 Å². The number of benzene rings is 1. The average Bonchev–Trinajstić information content (AvgIpc) is 3.23. The number of aromatic amines is 1. The quantitative estimate of drug-likeness (QED) is 0.498. The van der Waals surface area contributed by atoms with Crippen LogP contribution in [0.4, 0.5) is 18.0 Å². The highest BCUT2D eigenvalue weighted by molar-refractivity contribution is 5.64. The zero-order valence-electron chi connectivity index (χ0n) is 17.7. The van der Waals surface area contributed by atoms with Crippen molar-refractivity contribution >= 4 is 6.09 Å². The lowest BCUT2D eigenvalue weighted by Crippen LogP contribution is -2.40. The Balaban J connectivity index is 0.000000291. The van der Waals surface area contributed by atoms with Gasteiger partial charge in [0.25, 0.3) is 0 Å². The molecule has 0 spiro atoms. The summed E-state index contributed by atoms with van der Waals surface area (Å²) in [6.45, 7) is 3.54. The molecule has 0 aliphatic heterocycles. The zero-order valence-corrected chi connectivity index (χ0v) is 17.7. The summed E-state index contributed by atoms with van der Waals surface area (Å²) >= 11 is 0. The van der Waals surface area contributed by atoms with Crippen LogP contribution < -0.4 is 5.32 Å². The number of carboxylic acid groups (broad SMARTS) is 1. The number of aliphatic hydroxyl groups excluding tert-OH is 1. The monoisotopic (exact) mass is 441 g/mol. The van der Waals surface area contributed by atoms with E-state index in [0.717, 1.165) is 30.8 Å². The summed E-state index contributed by atoms with van der Waals surface area (Å²) in [5, 5.41) is 19.1. The van der Waals surface area contributed by atoms with Crippen LogP contribution in [0.2, 0.25) is 0 Å². The molecule has 2 aromatic rings. The van der Waals surface area contributed by atoms with Crippen LogP contribution >= 0.6 is 0 Å². The van der Waals surface area contributed by atoms with E-state index in [4.69, 9.17) is 10.2 Å². The Morgan fingerprint density at radius 1 is 1.26 bits per heavy atom. The Bertz CT molecular complexity index is 831. The van der Waals surface area contributed by atoms with Crippen LogP contribution in [0.3, 0.4) is 0 Å². The fourth-order valence-corrected chi connectivity index (χ4v) is 3.51. The van der Waals surface area contributed by atoms with Gasteiger partial charge in [-0.3, -0.25) is 0 Å². The van der Waals surface area contributed by atoms with E-state index in [9.17, 15) is 18.0 Å². The molecule has 9 heteroatoms. The number of aliphatic hydroxyl groups is 1. The van der Waals surface area contributed by atoms with E-state index in [1.165, 1.54) is 25.3 Å². The third kappa shape index (κ3) is 7.57. The minimum atomic E-state index is -4.32. The van der Waals surface area contributed by atoms with Crippen molar-refractivity contribution in [3.8, 4) is 11.3 Å². The second-order valence-corrected chi connectivity index (χ2v) is 8.08. The largest absolute Gasteiger partial charge is 0.465 e. The number of rotatable bonds is 5. The van der Waals surface area contributed by atoms with Gasteiger partial charge in [0.2, 0.25) is 0 Å². The first-order valence-electron chi connectivity index (χ1n) is 10.4. The summed E-state index contributed by atoms with van der Waals surface area (Å²) in [4.78, 5) is 17.6. The van der Waals surface area contributed by atoms with Gasteiger partial charge in [0, 0.05) is 11.5 Å². The van der Waals surface area contributed by atoms with Gasteiger partial charge in [-0.15, -0.1) is 0 Å². The molecule has 1 aromatic carbocycles. The number of aromatic nitrogens is 2. The number of nitrogens with zero attached hydrogens (tertiary/aromatic N) is 1. The molecule has 172 valence electrons. The van der Waals surface area contributed by atoms with E-state index in [0.29, 0.717) is 17.2 Å². The number of carbonyl (C=O) groups is 1. The molecule has 1 aliphatic carbocycles. The first-order valence-corrected chi connectivity index (χ1v) is 10.4. The molecule has 1 unspecified atom stereocenters. The predicted octanol–water partition coefficient (Wildman–Crippen LogP) is 5.41. The molecule has 1 atom stereocenters. The van der Waals surface area contributed by atoms with E-state index in [1.807, 2.05) is 13.8 Å². The molecule has 6 nitrogen and oxygen atoms in total. The van der Waals surface area contributed by atoms with Crippen LogP contribution in [0.15, 0.2) is 30.5 Å². The van der Waals surface area contributed by atoms with Gasteiger partial charge in [0.05, 0.1) is 30.1 Å². The molecule has 1 aromatic heterocycles. The second-order valence-electron chi connectivity index (χ2n) is 8.08. The van der Waals surface area contributed by atoms with Crippen LogP contribution in [0.25, 0.3) is 11.3 Å². The molecule has 31 heavy (non-hydrogen) atoms. The minimum Gasteiger partial charge on any atom is -0.465 e. The lowest BCUT2D eigenvalue weighted by Gasteiger charge is -2.19. The van der Waals surface area contributed by atoms with Crippen molar-refractivity contribution in [3.63, 3.8) is 0 Å². The Hall–Kier alpha value is -2.55. The van der Waals surface area contributed by atoms with E-state index < -0.39 is 17.8 Å². The molecule has 1 aliphatic rings. The Labute approximate surface area is 179 Å². The zero-order chi connectivity index (χ0) is 23.0. The van der Waals surface area contributed by atoms with Crippen molar-refractivity contribution in [1.29, 1.82) is 0 Å². The number of imidazole rings is 1. The predicted molar refractivity (Wildman–Crippen MR) is 112 cm³/mol. The summed E-state index contributed by atoms with van der Waals surface area (Å²) in [6.07, 6.45) is 2.10. The number of halogens is 3. The highest BCUT2D eigenvalue weighted by atomic mass is 19.4. The Morgan fingerprint density at radius 3 is 2.45 bits per heavy atom. The van der Waals surface area contributed by atoms with Gasteiger partial charge in [-0.25, -0.2) is 9.78 Å². The summed E-state index contributed by atoms with van der Waals surface area (Å²) in [7, 11) is 0. The maximum atomic E-state index is 12.8. The molecule has 1 heterocycles. The molecule has 4 N–H and O–H groups in total. The molecule has 1 fully saturated rings. The summed E-state index contributed by atoms with van der Waals surface area (Å²) in [5.74, 6) is 1.45. The SMILES string of the molecule is CC(C)C(CO)NC(=O)O.FC(F)(F)c1cccc(-c2cnc(C3CCCCC3)[nH]2)c1. The highest BCUT2D eigenvalue weighted by Crippen LogP contribution is 2.34. The minimum absolute atomic E-state index is 0.126. The number of hydrogen-bond donors (Lipinski definition) is 4. The smallest absolute Gasteiger partial charge is 0.416 e. The number of alkyl halides is 3. The van der Waals surface area contributed by atoms with Crippen molar-refractivity contribution in [3.05, 3.63) is 41.9 Å². The van der Waals surface area contributed by atoms with Crippen LogP contribution in [-0.2, 0) is 6.18 Å². The third-order valence-corrected chi connectivity index (χ3v) is 5.40. The van der Waals surface area contributed by atoms with Gasteiger partial charge in [-0.05, 0) is 30.9 Å². The average molecular weight is 441 g/mol. The van der Waals surface area contributed by atoms with Crippen molar-refractivity contribution in [2.45, 2.75) is 64.1 Å². The van der Waals surface area contributed by atoms with E-state index in [2.05, 4.69) is 15.3 Å². The summed E-state index contributed by atoms with van der Waals surface area (Å²) in [5.41, 5.74) is 0.551. The van der Waals surface area contributed by atoms with Crippen LogP contribution in [0.5, 0.6) is 0 Å². The maximum Gasteiger partial charge on any atom is 0.416 e. The molecule has 0 bridgehead atoms. The highest BCUT2D eigenvalue weighted by Gasteiger charge is 2.30. The summed E-state index contributed by atoms with van der Waals surface area (Å²) < 4.78 is 38.3. The van der Waals surface area contributed by atoms with Gasteiger partial charge in [-0.2, -0.15) is 13.2 Å². The lowest BCUT2D eigenvalue weighted by molar-refractivity contribution is -0.137. The van der Waals surface area contributed by atoms with Crippen molar-refractivity contribution < 1.29 is 28.2 Å². The standard InChI is InChI=1S/C16H17F3N2.C6H13NO3/c17-16(18,19)13-8-4-7-12(9-13)14-10-20-15(21-14)11-5-2-1-3-6-11;1-4(2)5(3-8)7-6(9)10/h4,7-11H,1-3,5-6H2,(H,20,21);4-5,7-8H,3H2,1-2H3,(H,9,10). The number of nitrogens with one attached hydrogen (secondary N) is 2. The number of amides is 1. The lowest BCUT2D eigenvalue weighted by atomic mass is 9.89. The second kappa shape index (κ2) is 11.2. The normalized spacial score (nSPS) is 15.8. The molecular weight excluding hydrogens is 411 g/mol. The first kappa shape index (κ1) is 24.7. The van der Waals surface area contributed by atoms with Crippen LogP contribution in [0.1, 0.15) is 63.3 Å². The van der Waals surface area contributed by atoms with Gasteiger partial charge in [0.15, 0.2) is 0 Å². The van der Waals surface area contributed by atoms with E-state index in [1.54, 1.807) is 12.3 Å².